The van der Waals surface area contributed by atoms with Gasteiger partial charge in [-0.2, -0.15) is 0 Å². The van der Waals surface area contributed by atoms with Crippen LogP contribution in [-0.2, 0) is 0 Å². The molecule has 1 atom stereocenters. The molecule has 0 spiro atoms. The van der Waals surface area contributed by atoms with Crippen LogP contribution in [0.3, 0.4) is 0 Å². The van der Waals surface area contributed by atoms with Gasteiger partial charge in [-0.25, -0.2) is 4.39 Å². The smallest absolute Gasteiger partial charge is 0.165 e. The van der Waals surface area contributed by atoms with Crippen LogP contribution in [0.15, 0.2) is 18.2 Å². The lowest BCUT2D eigenvalue weighted by molar-refractivity contribution is 0.151. The van der Waals surface area contributed by atoms with Crippen molar-refractivity contribution in [2.45, 2.75) is 26.3 Å². The molecule has 22 heavy (non-hydrogen) atoms. The summed E-state index contributed by atoms with van der Waals surface area (Å²) in [5.41, 5.74) is 0.975. The second-order valence-electron chi connectivity index (χ2n) is 5.79. The molecule has 1 aliphatic heterocycles. The molecule has 1 fully saturated rings. The fraction of sp³-hybridized carbons (Fsp3) is 0.625. The number of halogens is 3. The monoisotopic (exact) mass is 352 g/mol. The minimum atomic E-state index is -0.270. The van der Waals surface area contributed by atoms with Gasteiger partial charge >= 0.3 is 0 Å². The molecule has 3 nitrogen and oxygen atoms in total. The maximum absolute atomic E-state index is 14.0. The zero-order chi connectivity index (χ0) is 14.5. The Morgan fingerprint density at radius 3 is 2.41 bits per heavy atom. The van der Waals surface area contributed by atoms with Gasteiger partial charge in [0, 0.05) is 37.8 Å². The number of hydrogen-bond acceptors (Lipinski definition) is 3. The van der Waals surface area contributed by atoms with Crippen molar-refractivity contribution in [2.75, 3.05) is 33.3 Å². The van der Waals surface area contributed by atoms with Crippen LogP contribution in [0, 0.1) is 11.7 Å². The summed E-state index contributed by atoms with van der Waals surface area (Å²) in [6.07, 6.45) is 1.01. The van der Waals surface area contributed by atoms with E-state index in [4.69, 9.17) is 4.74 Å². The molecule has 0 radical (unpaired) electrons. The largest absolute Gasteiger partial charge is 0.493 e. The molecule has 1 N–H and O–H groups in total. The summed E-state index contributed by atoms with van der Waals surface area (Å²) < 4.78 is 19.3. The van der Waals surface area contributed by atoms with Crippen molar-refractivity contribution in [3.63, 3.8) is 0 Å². The fourth-order valence-corrected chi connectivity index (χ4v) is 2.92. The minimum Gasteiger partial charge on any atom is -0.493 e. The lowest BCUT2D eigenvalue weighted by Gasteiger charge is -2.36. The molecule has 1 aromatic carbocycles. The standard InChI is InChI=1S/C16H25FN2O.2ClH/c1-12(2)11-15(19-9-7-18-8-10-19)13-5-4-6-14(17)16(13)20-3;;/h4-6,12,15,18H,7-11H2,1-3H3;2*1H/t15-;;/m0../s1. The number of nitrogens with one attached hydrogen (secondary N) is 1. The van der Waals surface area contributed by atoms with Crippen molar-refractivity contribution in [1.82, 2.24) is 10.2 Å². The molecule has 128 valence electrons. The van der Waals surface area contributed by atoms with Crippen LogP contribution < -0.4 is 10.1 Å². The van der Waals surface area contributed by atoms with Crippen molar-refractivity contribution in [3.8, 4) is 5.75 Å². The first-order valence-corrected chi connectivity index (χ1v) is 7.40. The van der Waals surface area contributed by atoms with Gasteiger partial charge in [-0.3, -0.25) is 4.90 Å². The lowest BCUT2D eigenvalue weighted by atomic mass is 9.94. The highest BCUT2D eigenvalue weighted by atomic mass is 35.5. The molecule has 0 aliphatic carbocycles. The average molecular weight is 353 g/mol. The van der Waals surface area contributed by atoms with Crippen LogP contribution in [0.1, 0.15) is 31.9 Å². The molecule has 0 unspecified atom stereocenters. The van der Waals surface area contributed by atoms with Crippen LogP contribution in [0.25, 0.3) is 0 Å². The molecule has 0 saturated carbocycles. The van der Waals surface area contributed by atoms with E-state index in [0.717, 1.165) is 38.2 Å². The van der Waals surface area contributed by atoms with Gasteiger partial charge in [0.1, 0.15) is 0 Å². The summed E-state index contributed by atoms with van der Waals surface area (Å²) in [4.78, 5) is 2.44. The highest BCUT2D eigenvalue weighted by Crippen LogP contribution is 2.35. The summed E-state index contributed by atoms with van der Waals surface area (Å²) in [5, 5.41) is 3.37. The van der Waals surface area contributed by atoms with Crippen molar-refractivity contribution in [1.29, 1.82) is 0 Å². The number of rotatable bonds is 5. The SMILES string of the molecule is COc1c(F)cccc1[C@H](CC(C)C)N1CCNCC1.Cl.Cl. The predicted molar refractivity (Wildman–Crippen MR) is 94.1 cm³/mol. The minimum absolute atomic E-state index is 0. The summed E-state index contributed by atoms with van der Waals surface area (Å²) in [6.45, 7) is 8.40. The van der Waals surface area contributed by atoms with Gasteiger partial charge in [0.25, 0.3) is 0 Å². The predicted octanol–water partition coefficient (Wildman–Crippen LogP) is 3.67. The molecular weight excluding hydrogens is 326 g/mol. The van der Waals surface area contributed by atoms with Gasteiger partial charge in [-0.1, -0.05) is 26.0 Å². The van der Waals surface area contributed by atoms with Crippen molar-refractivity contribution in [2.24, 2.45) is 5.92 Å². The average Bonchev–Trinajstić information content (AvgIpc) is 2.45. The van der Waals surface area contributed by atoms with Gasteiger partial charge in [-0.15, -0.1) is 24.8 Å². The van der Waals surface area contributed by atoms with Crippen LogP contribution in [-0.4, -0.2) is 38.2 Å². The molecule has 2 rings (SSSR count). The van der Waals surface area contributed by atoms with E-state index in [1.165, 1.54) is 6.07 Å². The third-order valence-corrected chi connectivity index (χ3v) is 3.85. The number of benzene rings is 1. The Morgan fingerprint density at radius 1 is 1.23 bits per heavy atom. The van der Waals surface area contributed by atoms with E-state index in [0.29, 0.717) is 11.7 Å². The number of ether oxygens (including phenoxy) is 1. The molecule has 0 amide bonds. The number of piperazine rings is 1. The summed E-state index contributed by atoms with van der Waals surface area (Å²) >= 11 is 0. The molecule has 1 saturated heterocycles. The van der Waals surface area contributed by atoms with Crippen LogP contribution >= 0.6 is 24.8 Å². The zero-order valence-electron chi connectivity index (χ0n) is 13.5. The second kappa shape index (κ2) is 10.3. The van der Waals surface area contributed by atoms with Gasteiger partial charge in [0.15, 0.2) is 11.6 Å². The van der Waals surface area contributed by atoms with Gasteiger partial charge in [0.2, 0.25) is 0 Å². The maximum atomic E-state index is 14.0. The summed E-state index contributed by atoms with van der Waals surface area (Å²) in [6, 6.07) is 5.47. The zero-order valence-corrected chi connectivity index (χ0v) is 15.1. The first-order chi connectivity index (χ1) is 9.63. The normalized spacial score (nSPS) is 16.6. The molecular formula is C16H27Cl2FN2O. The first kappa shape index (κ1) is 21.4. The summed E-state index contributed by atoms with van der Waals surface area (Å²) in [7, 11) is 1.55. The third kappa shape index (κ3) is 5.27. The van der Waals surface area contributed by atoms with E-state index in [1.807, 2.05) is 6.07 Å². The highest BCUT2D eigenvalue weighted by molar-refractivity contribution is 5.85. The van der Waals surface area contributed by atoms with Gasteiger partial charge < -0.3 is 10.1 Å². The van der Waals surface area contributed by atoms with Gasteiger partial charge in [-0.05, 0) is 18.4 Å². The molecule has 0 aromatic heterocycles. The molecule has 1 aromatic rings. The van der Waals surface area contributed by atoms with Crippen LogP contribution in [0.4, 0.5) is 4.39 Å². The number of para-hydroxylation sites is 1. The lowest BCUT2D eigenvalue weighted by Crippen LogP contribution is -2.45. The van der Waals surface area contributed by atoms with Crippen molar-refractivity contribution in [3.05, 3.63) is 29.6 Å². The van der Waals surface area contributed by atoms with Crippen LogP contribution in [0.5, 0.6) is 5.75 Å². The topological polar surface area (TPSA) is 24.5 Å². The number of hydrogen-bond donors (Lipinski definition) is 1. The van der Waals surface area contributed by atoms with E-state index >= 15 is 0 Å². The van der Waals surface area contributed by atoms with E-state index in [-0.39, 0.29) is 36.7 Å². The summed E-state index contributed by atoms with van der Waals surface area (Å²) in [5.74, 6) is 0.688. The van der Waals surface area contributed by atoms with Crippen LogP contribution in [0.2, 0.25) is 0 Å². The molecule has 6 heteroatoms. The van der Waals surface area contributed by atoms with Crippen molar-refractivity contribution >= 4 is 24.8 Å². The van der Waals surface area contributed by atoms with Crippen molar-refractivity contribution < 1.29 is 9.13 Å². The first-order valence-electron chi connectivity index (χ1n) is 7.40. The molecule has 1 aliphatic rings. The quantitative estimate of drug-likeness (QED) is 0.874. The number of nitrogens with zero attached hydrogens (tertiary/aromatic N) is 1. The number of methoxy groups -OCH3 is 1. The third-order valence-electron chi connectivity index (χ3n) is 3.85. The Morgan fingerprint density at radius 2 is 1.86 bits per heavy atom. The van der Waals surface area contributed by atoms with E-state index in [2.05, 4.69) is 24.1 Å². The Bertz CT molecular complexity index is 440. The maximum Gasteiger partial charge on any atom is 0.165 e. The van der Waals surface area contributed by atoms with E-state index in [1.54, 1.807) is 13.2 Å². The fourth-order valence-electron chi connectivity index (χ4n) is 2.92. The second-order valence-corrected chi connectivity index (χ2v) is 5.79. The highest BCUT2D eigenvalue weighted by Gasteiger charge is 2.26. The Balaban J connectivity index is 0.00000220. The Kier molecular flexibility index (Phi) is 10.0. The Hall–Kier alpha value is -0.550. The van der Waals surface area contributed by atoms with E-state index in [9.17, 15) is 4.39 Å². The molecule has 1 heterocycles. The van der Waals surface area contributed by atoms with Gasteiger partial charge in [0.05, 0.1) is 7.11 Å². The van der Waals surface area contributed by atoms with E-state index < -0.39 is 0 Å². The molecule has 0 bridgehead atoms. The Labute approximate surface area is 145 Å².